The molecule has 0 bridgehead atoms. The van der Waals surface area contributed by atoms with Gasteiger partial charge in [0.2, 0.25) is 11.5 Å². The predicted octanol–water partition coefficient (Wildman–Crippen LogP) is 3.74. The Morgan fingerprint density at radius 1 is 1.15 bits per heavy atom. The van der Waals surface area contributed by atoms with E-state index in [4.69, 9.17) is 13.9 Å². The van der Waals surface area contributed by atoms with Crippen LogP contribution in [0.5, 0.6) is 11.5 Å². The normalized spacial score (nSPS) is 13.7. The molecule has 0 unspecified atom stereocenters. The summed E-state index contributed by atoms with van der Waals surface area (Å²) in [5, 5.41) is 23.6. The lowest BCUT2D eigenvalue weighted by atomic mass is 10.1. The van der Waals surface area contributed by atoms with E-state index in [1.165, 1.54) is 49.6 Å². The molecule has 0 saturated carbocycles. The van der Waals surface area contributed by atoms with Gasteiger partial charge in [-0.2, -0.15) is 0 Å². The van der Waals surface area contributed by atoms with Gasteiger partial charge in [0, 0.05) is 6.07 Å². The van der Waals surface area contributed by atoms with Crippen molar-refractivity contribution in [1.29, 1.82) is 0 Å². The smallest absolute Gasteiger partial charge is 0.373 e. The topological polar surface area (TPSA) is 188 Å². The zero-order valence-electron chi connectivity index (χ0n) is 21.7. The molecule has 14 nitrogen and oxygen atoms in total. The third-order valence-corrected chi connectivity index (χ3v) is 5.75. The van der Waals surface area contributed by atoms with Crippen molar-refractivity contribution in [3.63, 3.8) is 0 Å². The quantitative estimate of drug-likeness (QED) is 0.113. The minimum Gasteiger partial charge on any atom is -0.490 e. The number of imide groups is 1. The molecule has 1 aliphatic heterocycles. The molecule has 41 heavy (non-hydrogen) atoms. The van der Waals surface area contributed by atoms with Gasteiger partial charge in [-0.05, 0) is 54.5 Å². The molecule has 1 fully saturated rings. The van der Waals surface area contributed by atoms with Crippen molar-refractivity contribution < 1.29 is 47.8 Å². The van der Waals surface area contributed by atoms with Crippen molar-refractivity contribution >= 4 is 35.6 Å². The van der Waals surface area contributed by atoms with Crippen molar-refractivity contribution in [3.8, 4) is 11.5 Å². The number of rotatable bonds is 11. The second-order valence-corrected chi connectivity index (χ2v) is 8.49. The van der Waals surface area contributed by atoms with Gasteiger partial charge in [0.15, 0.2) is 5.75 Å². The third-order valence-electron chi connectivity index (χ3n) is 5.75. The Bertz CT molecular complexity index is 1570. The third kappa shape index (κ3) is 6.33. The number of hydrogen-bond donors (Lipinski definition) is 2. The van der Waals surface area contributed by atoms with Gasteiger partial charge >= 0.3 is 23.7 Å². The van der Waals surface area contributed by atoms with Crippen LogP contribution in [0.15, 0.2) is 58.6 Å². The average Bonchev–Trinajstić information content (AvgIpc) is 3.52. The van der Waals surface area contributed by atoms with E-state index in [1.807, 2.05) is 0 Å². The van der Waals surface area contributed by atoms with Gasteiger partial charge in [-0.3, -0.25) is 19.8 Å². The number of amides is 3. The van der Waals surface area contributed by atoms with Gasteiger partial charge in [0.25, 0.3) is 5.91 Å². The number of carboxylic acids is 1. The molecule has 1 aliphatic rings. The van der Waals surface area contributed by atoms with Gasteiger partial charge < -0.3 is 29.1 Å². The first-order valence-corrected chi connectivity index (χ1v) is 12.0. The Labute approximate surface area is 231 Å². The summed E-state index contributed by atoms with van der Waals surface area (Å²) in [6, 6.07) is 10.5. The number of ether oxygens (including phenoxy) is 3. The highest BCUT2D eigenvalue weighted by atomic mass is 16.6. The van der Waals surface area contributed by atoms with Crippen LogP contribution in [0, 0.1) is 10.1 Å². The highest BCUT2D eigenvalue weighted by molar-refractivity contribution is 6.14. The van der Waals surface area contributed by atoms with Gasteiger partial charge in [-0.25, -0.2) is 14.4 Å². The van der Waals surface area contributed by atoms with E-state index in [-0.39, 0.29) is 59.6 Å². The van der Waals surface area contributed by atoms with Crippen molar-refractivity contribution in [2.75, 3.05) is 13.7 Å². The molecule has 4 rings (SSSR count). The molecule has 0 aliphatic carbocycles. The second-order valence-electron chi connectivity index (χ2n) is 8.49. The summed E-state index contributed by atoms with van der Waals surface area (Å²) in [6.45, 7) is 1.33. The standard InChI is InChI=1S/C27H23N3O11/c1-3-39-22-12-16(11-20(30(36)37)23(22)40-14-15-5-4-6-17(9-15)25(32)33)10-19-24(31)29(27(35)28-19)13-18-7-8-21(41-18)26(34)38-2/h4-12H,3,13-14H2,1-2H3,(H,28,35)(H,32,33)/b19-10-. The number of benzene rings is 2. The van der Waals surface area contributed by atoms with E-state index >= 15 is 0 Å². The van der Waals surface area contributed by atoms with Crippen LogP contribution in [0.3, 0.4) is 0 Å². The lowest BCUT2D eigenvalue weighted by Gasteiger charge is -2.13. The summed E-state index contributed by atoms with van der Waals surface area (Å²) >= 11 is 0. The molecule has 3 aromatic rings. The number of urea groups is 1. The van der Waals surface area contributed by atoms with Crippen LogP contribution >= 0.6 is 0 Å². The zero-order chi connectivity index (χ0) is 29.7. The predicted molar refractivity (Wildman–Crippen MR) is 139 cm³/mol. The van der Waals surface area contributed by atoms with Crippen LogP contribution in [0.1, 0.15) is 44.7 Å². The fraction of sp³-hybridized carbons (Fsp3) is 0.185. The number of carbonyl (C=O) groups excluding carboxylic acids is 3. The summed E-state index contributed by atoms with van der Waals surface area (Å²) in [5.74, 6) is -2.72. The van der Waals surface area contributed by atoms with Crippen molar-refractivity contribution in [3.05, 3.63) is 92.6 Å². The van der Waals surface area contributed by atoms with Gasteiger partial charge in [0.1, 0.15) is 18.1 Å². The van der Waals surface area contributed by atoms with Crippen molar-refractivity contribution in [1.82, 2.24) is 10.2 Å². The summed E-state index contributed by atoms with van der Waals surface area (Å²) in [7, 11) is 1.18. The maximum Gasteiger partial charge on any atom is 0.373 e. The van der Waals surface area contributed by atoms with E-state index < -0.39 is 34.5 Å². The molecule has 0 spiro atoms. The fourth-order valence-corrected chi connectivity index (χ4v) is 3.90. The molecular weight excluding hydrogens is 542 g/mol. The number of furan rings is 1. The van der Waals surface area contributed by atoms with E-state index in [0.29, 0.717) is 5.56 Å². The largest absolute Gasteiger partial charge is 0.490 e. The number of carboxylic acid groups (broad SMARTS) is 1. The summed E-state index contributed by atoms with van der Waals surface area (Å²) in [6.07, 6.45) is 1.25. The van der Waals surface area contributed by atoms with Gasteiger partial charge in [-0.15, -0.1) is 0 Å². The first-order valence-electron chi connectivity index (χ1n) is 12.0. The second kappa shape index (κ2) is 12.0. The molecule has 212 valence electrons. The minimum absolute atomic E-state index is 0.00231. The average molecular weight is 565 g/mol. The van der Waals surface area contributed by atoms with Crippen molar-refractivity contribution in [2.45, 2.75) is 20.1 Å². The number of nitro benzene ring substituents is 1. The molecule has 2 aromatic carbocycles. The molecule has 2 heterocycles. The molecular formula is C27H23N3O11. The van der Waals surface area contributed by atoms with E-state index in [1.54, 1.807) is 13.0 Å². The van der Waals surface area contributed by atoms with E-state index in [0.717, 1.165) is 11.0 Å². The maximum atomic E-state index is 13.0. The first-order chi connectivity index (χ1) is 19.6. The van der Waals surface area contributed by atoms with Crippen LogP contribution in [-0.2, 0) is 22.7 Å². The number of nitro groups is 1. The molecule has 14 heteroatoms. The number of esters is 1. The number of nitrogens with zero attached hydrogens (tertiary/aromatic N) is 2. The monoisotopic (exact) mass is 565 g/mol. The van der Waals surface area contributed by atoms with Crippen LogP contribution in [-0.4, -0.2) is 52.5 Å². The van der Waals surface area contributed by atoms with Gasteiger partial charge in [0.05, 0.1) is 30.7 Å². The number of hydrogen-bond acceptors (Lipinski definition) is 10. The van der Waals surface area contributed by atoms with E-state index in [2.05, 4.69) is 10.1 Å². The Morgan fingerprint density at radius 3 is 2.61 bits per heavy atom. The molecule has 3 amide bonds. The summed E-state index contributed by atoms with van der Waals surface area (Å²) in [5.41, 5.74) is 0.0163. The van der Waals surface area contributed by atoms with Crippen LogP contribution < -0.4 is 14.8 Å². The molecule has 2 N–H and O–H groups in total. The van der Waals surface area contributed by atoms with Crippen LogP contribution in [0.25, 0.3) is 6.08 Å². The van der Waals surface area contributed by atoms with Crippen LogP contribution in [0.4, 0.5) is 10.5 Å². The molecule has 1 saturated heterocycles. The molecule has 1 aromatic heterocycles. The number of aromatic carboxylic acids is 1. The van der Waals surface area contributed by atoms with E-state index in [9.17, 15) is 34.4 Å². The number of methoxy groups -OCH3 is 1. The SMILES string of the molecule is CCOc1cc(/C=C2\NC(=O)N(Cc3ccc(C(=O)OC)o3)C2=O)cc([N+](=O)[O-])c1OCc1cccc(C(=O)O)c1. The van der Waals surface area contributed by atoms with Crippen molar-refractivity contribution in [2.24, 2.45) is 0 Å². The van der Waals surface area contributed by atoms with Crippen LogP contribution in [0.2, 0.25) is 0 Å². The Kier molecular flexibility index (Phi) is 8.32. The lowest BCUT2D eigenvalue weighted by Crippen LogP contribution is -2.30. The Morgan fingerprint density at radius 2 is 1.93 bits per heavy atom. The molecule has 0 atom stereocenters. The summed E-state index contributed by atoms with van der Waals surface area (Å²) in [4.78, 5) is 60.4. The highest BCUT2D eigenvalue weighted by Crippen LogP contribution is 2.40. The summed E-state index contributed by atoms with van der Waals surface area (Å²) < 4.78 is 21.2. The van der Waals surface area contributed by atoms with Gasteiger partial charge in [-0.1, -0.05) is 12.1 Å². The Balaban J connectivity index is 1.60. The lowest BCUT2D eigenvalue weighted by molar-refractivity contribution is -0.386. The number of nitrogens with one attached hydrogen (secondary N) is 1. The zero-order valence-corrected chi connectivity index (χ0v) is 21.7. The Hall–Kier alpha value is -5.66. The number of carbonyl (C=O) groups is 4. The fourth-order valence-electron chi connectivity index (χ4n) is 3.90. The maximum absolute atomic E-state index is 13.0. The minimum atomic E-state index is -1.13. The highest BCUT2D eigenvalue weighted by Gasteiger charge is 2.35. The molecule has 0 radical (unpaired) electrons. The first kappa shape index (κ1) is 28.4.